The maximum Gasteiger partial charge on any atom is 0.215 e. The van der Waals surface area contributed by atoms with Gasteiger partial charge in [-0.25, -0.2) is 4.98 Å². The number of benzene rings is 1. The van der Waals surface area contributed by atoms with Gasteiger partial charge in [0.2, 0.25) is 5.88 Å². The highest BCUT2D eigenvalue weighted by Gasteiger charge is 2.01. The molecule has 2 N–H and O–H groups in total. The summed E-state index contributed by atoms with van der Waals surface area (Å²) < 4.78 is 5.48. The summed E-state index contributed by atoms with van der Waals surface area (Å²) >= 11 is 5.85. The zero-order valence-corrected chi connectivity index (χ0v) is 9.32. The van der Waals surface area contributed by atoms with Crippen molar-refractivity contribution >= 4 is 17.3 Å². The average molecular weight is 235 g/mol. The molecule has 82 valence electrons. The van der Waals surface area contributed by atoms with Crippen molar-refractivity contribution < 1.29 is 4.74 Å². The van der Waals surface area contributed by atoms with E-state index < -0.39 is 0 Å². The summed E-state index contributed by atoms with van der Waals surface area (Å²) in [5.74, 6) is 0.475. The molecular weight excluding hydrogens is 224 g/mol. The van der Waals surface area contributed by atoms with Gasteiger partial charge in [-0.3, -0.25) is 0 Å². The zero-order chi connectivity index (χ0) is 11.4. The molecule has 0 aliphatic heterocycles. The molecule has 2 rings (SSSR count). The topological polar surface area (TPSA) is 48.1 Å². The summed E-state index contributed by atoms with van der Waals surface area (Å²) in [7, 11) is 0. The van der Waals surface area contributed by atoms with Gasteiger partial charge >= 0.3 is 0 Å². The molecule has 0 saturated carbocycles. The number of pyridine rings is 1. The molecule has 0 radical (unpaired) electrons. The molecule has 0 amide bonds. The van der Waals surface area contributed by atoms with Gasteiger partial charge in [0.25, 0.3) is 0 Å². The van der Waals surface area contributed by atoms with E-state index in [-0.39, 0.29) is 0 Å². The first kappa shape index (κ1) is 10.8. The number of halogens is 1. The maximum atomic E-state index is 5.85. The third-order valence-electron chi connectivity index (χ3n) is 2.09. The van der Waals surface area contributed by atoms with Gasteiger partial charge in [-0.05, 0) is 5.56 Å². The minimum absolute atomic E-state index is 0.453. The van der Waals surface area contributed by atoms with E-state index in [1.165, 1.54) is 6.20 Å². The summed E-state index contributed by atoms with van der Waals surface area (Å²) in [6.07, 6.45) is 1.49. The summed E-state index contributed by atoms with van der Waals surface area (Å²) in [6, 6.07) is 11.5. The second-order valence-electron chi connectivity index (χ2n) is 3.32. The van der Waals surface area contributed by atoms with Gasteiger partial charge < -0.3 is 10.5 Å². The fourth-order valence-electron chi connectivity index (χ4n) is 1.23. The molecule has 1 heterocycles. The highest BCUT2D eigenvalue weighted by molar-refractivity contribution is 6.33. The zero-order valence-electron chi connectivity index (χ0n) is 8.56. The van der Waals surface area contributed by atoms with Crippen molar-refractivity contribution in [2.45, 2.75) is 6.61 Å². The van der Waals surface area contributed by atoms with E-state index in [1.54, 1.807) is 6.07 Å². The molecule has 3 nitrogen and oxygen atoms in total. The molecule has 2 aromatic rings. The van der Waals surface area contributed by atoms with Crippen molar-refractivity contribution in [3.63, 3.8) is 0 Å². The van der Waals surface area contributed by atoms with Gasteiger partial charge in [0.05, 0.1) is 16.9 Å². The van der Waals surface area contributed by atoms with E-state index in [9.17, 15) is 0 Å². The van der Waals surface area contributed by atoms with Crippen LogP contribution in [0.4, 0.5) is 5.69 Å². The van der Waals surface area contributed by atoms with Gasteiger partial charge in [0.1, 0.15) is 6.61 Å². The SMILES string of the molecule is Nc1cnc(OCc2ccccc2)cc1Cl. The van der Waals surface area contributed by atoms with Crippen LogP contribution in [0.3, 0.4) is 0 Å². The van der Waals surface area contributed by atoms with Gasteiger partial charge in [-0.15, -0.1) is 0 Å². The molecular formula is C12H11ClN2O. The second-order valence-corrected chi connectivity index (χ2v) is 3.73. The smallest absolute Gasteiger partial charge is 0.215 e. The van der Waals surface area contributed by atoms with Crippen LogP contribution in [0.25, 0.3) is 0 Å². The molecule has 0 fully saturated rings. The molecule has 0 bridgehead atoms. The predicted molar refractivity (Wildman–Crippen MR) is 64.4 cm³/mol. The van der Waals surface area contributed by atoms with Crippen LogP contribution in [0.2, 0.25) is 5.02 Å². The Kier molecular flexibility index (Phi) is 3.27. The van der Waals surface area contributed by atoms with Gasteiger partial charge in [-0.1, -0.05) is 41.9 Å². The highest BCUT2D eigenvalue weighted by atomic mass is 35.5. The Bertz CT molecular complexity index is 474. The normalized spacial score (nSPS) is 10.1. The van der Waals surface area contributed by atoms with Gasteiger partial charge in [0, 0.05) is 6.07 Å². The predicted octanol–water partition coefficient (Wildman–Crippen LogP) is 2.90. The fourth-order valence-corrected chi connectivity index (χ4v) is 1.38. The van der Waals surface area contributed by atoms with Crippen LogP contribution in [-0.2, 0) is 6.61 Å². The van der Waals surface area contributed by atoms with Crippen LogP contribution in [0.1, 0.15) is 5.56 Å². The van der Waals surface area contributed by atoms with Crippen LogP contribution in [-0.4, -0.2) is 4.98 Å². The van der Waals surface area contributed by atoms with Crippen LogP contribution in [0.5, 0.6) is 5.88 Å². The van der Waals surface area contributed by atoms with Crippen molar-refractivity contribution in [2.24, 2.45) is 0 Å². The molecule has 0 aliphatic rings. The van der Waals surface area contributed by atoms with Gasteiger partial charge in [0.15, 0.2) is 0 Å². The first-order chi connectivity index (χ1) is 7.75. The quantitative estimate of drug-likeness (QED) is 0.888. The van der Waals surface area contributed by atoms with Gasteiger partial charge in [-0.2, -0.15) is 0 Å². The molecule has 1 aromatic heterocycles. The van der Waals surface area contributed by atoms with Crippen molar-refractivity contribution in [3.8, 4) is 5.88 Å². The number of rotatable bonds is 3. The molecule has 0 unspecified atom stereocenters. The third kappa shape index (κ3) is 2.64. The molecule has 16 heavy (non-hydrogen) atoms. The lowest BCUT2D eigenvalue weighted by molar-refractivity contribution is 0.294. The molecule has 4 heteroatoms. The Labute approximate surface area is 98.8 Å². The van der Waals surface area contributed by atoms with E-state index in [0.717, 1.165) is 5.56 Å². The van der Waals surface area contributed by atoms with E-state index in [4.69, 9.17) is 22.1 Å². The Morgan fingerprint density at radius 2 is 2.00 bits per heavy atom. The van der Waals surface area contributed by atoms with Crippen molar-refractivity contribution in [2.75, 3.05) is 5.73 Å². The molecule has 0 atom stereocenters. The number of anilines is 1. The van der Waals surface area contributed by atoms with Crippen LogP contribution in [0.15, 0.2) is 42.6 Å². The summed E-state index contributed by atoms with van der Waals surface area (Å²) in [6.45, 7) is 0.466. The third-order valence-corrected chi connectivity index (χ3v) is 2.41. The number of nitrogens with two attached hydrogens (primary N) is 1. The number of aromatic nitrogens is 1. The maximum absolute atomic E-state index is 5.85. The number of nitrogen functional groups attached to an aromatic ring is 1. The largest absolute Gasteiger partial charge is 0.473 e. The lowest BCUT2D eigenvalue weighted by Crippen LogP contribution is -1.98. The fraction of sp³-hybridized carbons (Fsp3) is 0.0833. The van der Waals surface area contributed by atoms with Crippen molar-refractivity contribution in [3.05, 3.63) is 53.2 Å². The minimum Gasteiger partial charge on any atom is -0.473 e. The van der Waals surface area contributed by atoms with E-state index in [2.05, 4.69) is 4.98 Å². The Morgan fingerprint density at radius 3 is 2.69 bits per heavy atom. The average Bonchev–Trinajstić information content (AvgIpc) is 2.32. The molecule has 0 aliphatic carbocycles. The first-order valence-electron chi connectivity index (χ1n) is 4.83. The van der Waals surface area contributed by atoms with Crippen molar-refractivity contribution in [1.29, 1.82) is 0 Å². The van der Waals surface area contributed by atoms with E-state index >= 15 is 0 Å². The summed E-state index contributed by atoms with van der Waals surface area (Å²) in [4.78, 5) is 4.02. The molecule has 0 spiro atoms. The van der Waals surface area contributed by atoms with Crippen LogP contribution in [0, 0.1) is 0 Å². The lowest BCUT2D eigenvalue weighted by Gasteiger charge is -2.06. The highest BCUT2D eigenvalue weighted by Crippen LogP contribution is 2.21. The van der Waals surface area contributed by atoms with Crippen LogP contribution >= 0.6 is 11.6 Å². The molecule has 1 aromatic carbocycles. The number of hydrogen-bond donors (Lipinski definition) is 1. The Balaban J connectivity index is 2.03. The first-order valence-corrected chi connectivity index (χ1v) is 5.21. The molecule has 0 saturated heterocycles. The van der Waals surface area contributed by atoms with Crippen LogP contribution < -0.4 is 10.5 Å². The Hall–Kier alpha value is -1.74. The van der Waals surface area contributed by atoms with Crippen molar-refractivity contribution in [1.82, 2.24) is 4.98 Å². The summed E-state index contributed by atoms with van der Waals surface area (Å²) in [5.41, 5.74) is 7.08. The number of hydrogen-bond acceptors (Lipinski definition) is 3. The lowest BCUT2D eigenvalue weighted by atomic mass is 10.2. The second kappa shape index (κ2) is 4.86. The standard InChI is InChI=1S/C12H11ClN2O/c13-10-6-12(15-7-11(10)14)16-8-9-4-2-1-3-5-9/h1-7H,8,14H2. The summed E-state index contributed by atoms with van der Waals surface area (Å²) in [5, 5.41) is 0.457. The number of nitrogens with zero attached hydrogens (tertiary/aromatic N) is 1. The van der Waals surface area contributed by atoms with E-state index in [1.807, 2.05) is 30.3 Å². The minimum atomic E-state index is 0.453. The number of ether oxygens (including phenoxy) is 1. The van der Waals surface area contributed by atoms with E-state index in [0.29, 0.717) is 23.2 Å². The Morgan fingerprint density at radius 1 is 1.25 bits per heavy atom. The monoisotopic (exact) mass is 234 g/mol.